The molecular weight excluding hydrogens is 342 g/mol. The monoisotopic (exact) mass is 365 g/mol. The van der Waals surface area contributed by atoms with Crippen LogP contribution in [0, 0.1) is 6.92 Å². The fourth-order valence-electron chi connectivity index (χ4n) is 3.19. The minimum absolute atomic E-state index is 0.165. The van der Waals surface area contributed by atoms with E-state index in [2.05, 4.69) is 20.2 Å². The smallest absolute Gasteiger partial charge is 0.271 e. The van der Waals surface area contributed by atoms with Gasteiger partial charge in [0.25, 0.3) is 5.91 Å². The van der Waals surface area contributed by atoms with Gasteiger partial charge in [0.1, 0.15) is 11.4 Å². The maximum absolute atomic E-state index is 12.5. The van der Waals surface area contributed by atoms with Gasteiger partial charge in [-0.2, -0.15) is 0 Å². The highest BCUT2D eigenvalue weighted by Crippen LogP contribution is 2.22. The molecule has 1 saturated heterocycles. The van der Waals surface area contributed by atoms with Crippen LogP contribution in [0.2, 0.25) is 0 Å². The first-order valence-corrected chi connectivity index (χ1v) is 9.20. The van der Waals surface area contributed by atoms with Crippen LogP contribution in [0.1, 0.15) is 16.1 Å². The average Bonchev–Trinajstić information content (AvgIpc) is 3.14. The number of nitrogens with one attached hydrogen (secondary N) is 1. The summed E-state index contributed by atoms with van der Waals surface area (Å²) in [7, 11) is 0. The third-order valence-corrected chi connectivity index (χ3v) is 4.75. The lowest BCUT2D eigenvalue weighted by Gasteiger charge is -2.26. The zero-order chi connectivity index (χ0) is 18.6. The summed E-state index contributed by atoms with van der Waals surface area (Å²) in [6, 6.07) is 8.13. The van der Waals surface area contributed by atoms with Gasteiger partial charge < -0.3 is 14.5 Å². The fourth-order valence-corrected chi connectivity index (χ4v) is 3.19. The Bertz CT molecular complexity index is 929. The molecule has 1 aliphatic rings. The van der Waals surface area contributed by atoms with Gasteiger partial charge in [-0.05, 0) is 6.92 Å². The number of rotatable bonds is 5. The molecule has 1 aliphatic heterocycles. The van der Waals surface area contributed by atoms with Crippen molar-refractivity contribution in [2.75, 3.05) is 39.4 Å². The van der Waals surface area contributed by atoms with Gasteiger partial charge >= 0.3 is 0 Å². The fraction of sp³-hybridized carbons (Fsp3) is 0.350. The highest BCUT2D eigenvalue weighted by atomic mass is 16.5. The van der Waals surface area contributed by atoms with Gasteiger partial charge in [-0.25, -0.2) is 4.98 Å². The summed E-state index contributed by atoms with van der Waals surface area (Å²) in [5.41, 5.74) is 4.02. The van der Waals surface area contributed by atoms with Crippen molar-refractivity contribution < 1.29 is 9.53 Å². The minimum atomic E-state index is -0.165. The van der Waals surface area contributed by atoms with E-state index in [1.807, 2.05) is 41.8 Å². The maximum Gasteiger partial charge on any atom is 0.271 e. The predicted molar refractivity (Wildman–Crippen MR) is 103 cm³/mol. The van der Waals surface area contributed by atoms with Crippen LogP contribution in [0.5, 0.6) is 0 Å². The van der Waals surface area contributed by atoms with Crippen LogP contribution >= 0.6 is 0 Å². The SMILES string of the molecule is Cc1ccc(-c2nccn3cc(C(=O)NCCN4CCOCC4)nc23)cc1. The van der Waals surface area contributed by atoms with E-state index in [0.29, 0.717) is 17.9 Å². The van der Waals surface area contributed by atoms with E-state index in [1.165, 1.54) is 5.56 Å². The van der Waals surface area contributed by atoms with Gasteiger partial charge in [0.05, 0.1) is 13.2 Å². The number of morpholine rings is 1. The van der Waals surface area contributed by atoms with Gasteiger partial charge in [-0.1, -0.05) is 29.8 Å². The Morgan fingerprint density at radius 3 is 2.78 bits per heavy atom. The summed E-state index contributed by atoms with van der Waals surface area (Å²) >= 11 is 0. The Hall–Kier alpha value is -2.77. The van der Waals surface area contributed by atoms with E-state index in [0.717, 1.165) is 44.1 Å². The average molecular weight is 365 g/mol. The van der Waals surface area contributed by atoms with Gasteiger partial charge in [0.15, 0.2) is 5.65 Å². The second kappa shape index (κ2) is 7.85. The summed E-state index contributed by atoms with van der Waals surface area (Å²) in [4.78, 5) is 23.8. The first-order valence-electron chi connectivity index (χ1n) is 9.20. The second-order valence-electron chi connectivity index (χ2n) is 6.71. The van der Waals surface area contributed by atoms with Crippen molar-refractivity contribution >= 4 is 11.6 Å². The van der Waals surface area contributed by atoms with E-state index in [4.69, 9.17) is 4.74 Å². The van der Waals surface area contributed by atoms with Crippen molar-refractivity contribution in [1.82, 2.24) is 24.6 Å². The Morgan fingerprint density at radius 1 is 1.22 bits per heavy atom. The highest BCUT2D eigenvalue weighted by Gasteiger charge is 2.15. The van der Waals surface area contributed by atoms with Crippen LogP contribution < -0.4 is 5.32 Å². The molecule has 140 valence electrons. The van der Waals surface area contributed by atoms with Gasteiger partial charge in [-0.3, -0.25) is 14.7 Å². The van der Waals surface area contributed by atoms with E-state index in [1.54, 1.807) is 12.4 Å². The molecule has 1 fully saturated rings. The molecule has 0 aliphatic carbocycles. The van der Waals surface area contributed by atoms with Crippen molar-refractivity contribution in [2.45, 2.75) is 6.92 Å². The van der Waals surface area contributed by atoms with E-state index >= 15 is 0 Å². The number of benzene rings is 1. The van der Waals surface area contributed by atoms with Crippen molar-refractivity contribution in [3.8, 4) is 11.3 Å². The van der Waals surface area contributed by atoms with E-state index in [9.17, 15) is 4.79 Å². The minimum Gasteiger partial charge on any atom is -0.379 e. The molecule has 2 aromatic heterocycles. The van der Waals surface area contributed by atoms with Crippen LogP contribution in [-0.4, -0.2) is 64.6 Å². The van der Waals surface area contributed by atoms with Crippen molar-refractivity contribution in [1.29, 1.82) is 0 Å². The molecule has 7 nitrogen and oxygen atoms in total. The van der Waals surface area contributed by atoms with Gasteiger partial charge in [0.2, 0.25) is 0 Å². The molecular formula is C20H23N5O2. The van der Waals surface area contributed by atoms with Crippen LogP contribution in [0.4, 0.5) is 0 Å². The van der Waals surface area contributed by atoms with Gasteiger partial charge in [-0.15, -0.1) is 0 Å². The Kier molecular flexibility index (Phi) is 5.13. The molecule has 1 aromatic carbocycles. The highest BCUT2D eigenvalue weighted by molar-refractivity contribution is 5.93. The number of hydrogen-bond acceptors (Lipinski definition) is 5. The normalized spacial score (nSPS) is 15.1. The zero-order valence-electron chi connectivity index (χ0n) is 15.4. The maximum atomic E-state index is 12.5. The third-order valence-electron chi connectivity index (χ3n) is 4.75. The Balaban J connectivity index is 1.48. The lowest BCUT2D eigenvalue weighted by Crippen LogP contribution is -2.41. The summed E-state index contributed by atoms with van der Waals surface area (Å²) in [5, 5.41) is 2.96. The quantitative estimate of drug-likeness (QED) is 0.746. The lowest BCUT2D eigenvalue weighted by molar-refractivity contribution is 0.0383. The number of nitrogens with zero attached hydrogens (tertiary/aromatic N) is 4. The molecule has 3 heterocycles. The Morgan fingerprint density at radius 2 is 2.00 bits per heavy atom. The number of fused-ring (bicyclic) bond motifs is 1. The van der Waals surface area contributed by atoms with Crippen molar-refractivity contribution in [3.63, 3.8) is 0 Å². The van der Waals surface area contributed by atoms with Gasteiger partial charge in [0, 0.05) is 50.3 Å². The summed E-state index contributed by atoms with van der Waals surface area (Å²) in [6.07, 6.45) is 5.29. The summed E-state index contributed by atoms with van der Waals surface area (Å²) < 4.78 is 7.18. The largest absolute Gasteiger partial charge is 0.379 e. The number of imidazole rings is 1. The number of amides is 1. The molecule has 0 spiro atoms. The van der Waals surface area contributed by atoms with E-state index in [-0.39, 0.29) is 5.91 Å². The predicted octanol–water partition coefficient (Wildman–Crippen LogP) is 1.77. The molecule has 0 saturated carbocycles. The molecule has 0 unspecified atom stereocenters. The van der Waals surface area contributed by atoms with E-state index < -0.39 is 0 Å². The molecule has 4 rings (SSSR count). The molecule has 1 amide bonds. The van der Waals surface area contributed by atoms with Crippen molar-refractivity contribution in [2.24, 2.45) is 0 Å². The number of carbonyl (C=O) groups is 1. The first kappa shape index (κ1) is 17.6. The summed E-state index contributed by atoms with van der Waals surface area (Å²) in [6.45, 7) is 6.80. The molecule has 0 bridgehead atoms. The molecule has 0 atom stereocenters. The number of carbonyl (C=O) groups excluding carboxylic acids is 1. The second-order valence-corrected chi connectivity index (χ2v) is 6.71. The molecule has 3 aromatic rings. The lowest BCUT2D eigenvalue weighted by atomic mass is 10.1. The first-order chi connectivity index (χ1) is 13.2. The zero-order valence-corrected chi connectivity index (χ0v) is 15.4. The Labute approximate surface area is 158 Å². The van der Waals surface area contributed by atoms with Crippen LogP contribution in [-0.2, 0) is 4.74 Å². The van der Waals surface area contributed by atoms with Crippen LogP contribution in [0.15, 0.2) is 42.9 Å². The number of ether oxygens (including phenoxy) is 1. The summed E-state index contributed by atoms with van der Waals surface area (Å²) in [5.74, 6) is -0.165. The standard InChI is InChI=1S/C20H23N5O2/c1-15-2-4-16(5-3-15)18-19-23-17(14-25(19)9-7-21-18)20(26)22-6-8-24-10-12-27-13-11-24/h2-5,7,9,14H,6,8,10-13H2,1H3,(H,22,26). The molecule has 0 radical (unpaired) electrons. The molecule has 27 heavy (non-hydrogen) atoms. The van der Waals surface area contributed by atoms with Crippen LogP contribution in [0.25, 0.3) is 16.9 Å². The topological polar surface area (TPSA) is 71.8 Å². The van der Waals surface area contributed by atoms with Crippen LogP contribution in [0.3, 0.4) is 0 Å². The molecule has 1 N–H and O–H groups in total. The number of hydrogen-bond donors (Lipinski definition) is 1. The third kappa shape index (κ3) is 3.99. The molecule has 7 heteroatoms. The number of aryl methyl sites for hydroxylation is 1. The number of aromatic nitrogens is 3. The van der Waals surface area contributed by atoms with Crippen molar-refractivity contribution in [3.05, 3.63) is 54.1 Å².